The number of ether oxygens (including phenoxy) is 2. The Morgan fingerprint density at radius 1 is 0.790 bits per heavy atom. The van der Waals surface area contributed by atoms with E-state index in [-0.39, 0.29) is 26.9 Å². The van der Waals surface area contributed by atoms with Gasteiger partial charge in [0.1, 0.15) is 17.0 Å². The van der Waals surface area contributed by atoms with Crippen LogP contribution in [0.3, 0.4) is 0 Å². The van der Waals surface area contributed by atoms with Crippen molar-refractivity contribution in [1.29, 1.82) is 0 Å². The van der Waals surface area contributed by atoms with Gasteiger partial charge in [0.2, 0.25) is 0 Å². The van der Waals surface area contributed by atoms with Crippen LogP contribution in [0.1, 0.15) is 101 Å². The number of amides is 5. The largest absolute Gasteiger partial charge is 0.497 e. The van der Waals surface area contributed by atoms with Crippen molar-refractivity contribution >= 4 is 62.5 Å². The van der Waals surface area contributed by atoms with Gasteiger partial charge in [0.15, 0.2) is 17.9 Å². The van der Waals surface area contributed by atoms with E-state index >= 15 is 0 Å². The predicted octanol–water partition coefficient (Wildman–Crippen LogP) is 9.23. The van der Waals surface area contributed by atoms with Gasteiger partial charge in [-0.05, 0) is 118 Å². The molecule has 1 fully saturated rings. The monoisotopic (exact) mass is 886 g/mol. The lowest BCUT2D eigenvalue weighted by atomic mass is 9.96. The van der Waals surface area contributed by atoms with Gasteiger partial charge in [-0.25, -0.2) is 22.4 Å². The molecule has 0 radical (unpaired) electrons. The lowest BCUT2D eigenvalue weighted by Gasteiger charge is -2.26. The number of imide groups is 1. The zero-order valence-corrected chi connectivity index (χ0v) is 37.6. The SMILES string of the molecule is CCCCCc1cccc(OC(CC)C(=O)Nc2ccc(Cl)c(NC(=O)C(C(=O)c3ccc(OC)cc3)N3C(=O)N(S(=O)(=O)c4ccccc4)C(C)(C)C3=O)c2)c1CCCCC. The van der Waals surface area contributed by atoms with Crippen molar-refractivity contribution in [3.63, 3.8) is 0 Å². The van der Waals surface area contributed by atoms with Crippen molar-refractivity contribution in [2.24, 2.45) is 0 Å². The number of ketones is 1. The molecule has 0 bridgehead atoms. The maximum atomic E-state index is 14.4. The van der Waals surface area contributed by atoms with E-state index in [1.54, 1.807) is 6.07 Å². The van der Waals surface area contributed by atoms with E-state index in [1.165, 1.54) is 93.3 Å². The zero-order chi connectivity index (χ0) is 45.2. The quantitative estimate of drug-likeness (QED) is 0.0359. The molecule has 0 saturated carbocycles. The lowest BCUT2D eigenvalue weighted by molar-refractivity contribution is -0.135. The first kappa shape index (κ1) is 47.3. The number of aryl methyl sites for hydroxylation is 1. The summed E-state index contributed by atoms with van der Waals surface area (Å²) in [7, 11) is -3.23. The van der Waals surface area contributed by atoms with Crippen LogP contribution in [-0.2, 0) is 37.2 Å². The first-order chi connectivity index (χ1) is 29.6. The van der Waals surface area contributed by atoms with E-state index in [1.807, 2.05) is 19.1 Å². The molecule has 15 heteroatoms. The highest BCUT2D eigenvalue weighted by Crippen LogP contribution is 2.37. The molecule has 62 heavy (non-hydrogen) atoms. The predicted molar refractivity (Wildman–Crippen MR) is 239 cm³/mol. The van der Waals surface area contributed by atoms with Crippen LogP contribution in [0.25, 0.3) is 0 Å². The average Bonchev–Trinajstić information content (AvgIpc) is 3.44. The van der Waals surface area contributed by atoms with Crippen LogP contribution in [0.2, 0.25) is 5.02 Å². The molecule has 0 aliphatic carbocycles. The van der Waals surface area contributed by atoms with Crippen LogP contribution in [0, 0.1) is 0 Å². The van der Waals surface area contributed by atoms with Gasteiger partial charge < -0.3 is 20.1 Å². The van der Waals surface area contributed by atoms with E-state index in [2.05, 4.69) is 30.5 Å². The van der Waals surface area contributed by atoms with Crippen LogP contribution in [0.4, 0.5) is 16.2 Å². The van der Waals surface area contributed by atoms with Crippen LogP contribution in [-0.4, -0.2) is 72.0 Å². The Bertz CT molecular complexity index is 2370. The number of methoxy groups -OCH3 is 1. The maximum Gasteiger partial charge on any atom is 0.342 e. The fraction of sp³-hybridized carbons (Fsp3) is 0.383. The van der Waals surface area contributed by atoms with E-state index in [0.717, 1.165) is 56.9 Å². The van der Waals surface area contributed by atoms with Gasteiger partial charge in [-0.1, -0.05) is 88.4 Å². The Kier molecular flexibility index (Phi) is 15.9. The summed E-state index contributed by atoms with van der Waals surface area (Å²) in [6.07, 6.45) is 7.64. The van der Waals surface area contributed by atoms with E-state index in [0.29, 0.717) is 27.1 Å². The molecular weight excluding hydrogens is 832 g/mol. The third-order valence-corrected chi connectivity index (χ3v) is 13.1. The average molecular weight is 887 g/mol. The molecule has 2 atom stereocenters. The number of hydrogen-bond donors (Lipinski definition) is 2. The number of anilines is 2. The Labute approximate surface area is 369 Å². The van der Waals surface area contributed by atoms with Gasteiger partial charge >= 0.3 is 6.03 Å². The molecule has 330 valence electrons. The number of unbranched alkanes of at least 4 members (excludes halogenated alkanes) is 4. The Morgan fingerprint density at radius 2 is 1.45 bits per heavy atom. The molecule has 5 rings (SSSR count). The summed E-state index contributed by atoms with van der Waals surface area (Å²) in [5, 5.41) is 5.40. The van der Waals surface area contributed by atoms with Gasteiger partial charge in [-0.3, -0.25) is 19.2 Å². The number of hydrogen-bond acceptors (Lipinski definition) is 9. The van der Waals surface area contributed by atoms with E-state index in [4.69, 9.17) is 21.1 Å². The lowest BCUT2D eigenvalue weighted by Crippen LogP contribution is -2.53. The summed E-state index contributed by atoms with van der Waals surface area (Å²) >= 11 is 6.57. The van der Waals surface area contributed by atoms with Crippen molar-refractivity contribution in [2.75, 3.05) is 17.7 Å². The summed E-state index contributed by atoms with van der Waals surface area (Å²) < 4.78 is 39.8. The van der Waals surface area contributed by atoms with Crippen LogP contribution in [0.15, 0.2) is 95.9 Å². The molecule has 0 aromatic heterocycles. The highest BCUT2D eigenvalue weighted by atomic mass is 35.5. The molecule has 13 nitrogen and oxygen atoms in total. The molecule has 5 amide bonds. The van der Waals surface area contributed by atoms with Gasteiger partial charge in [0.25, 0.3) is 27.7 Å². The number of urea groups is 1. The smallest absolute Gasteiger partial charge is 0.342 e. The maximum absolute atomic E-state index is 14.4. The molecule has 2 unspecified atom stereocenters. The molecule has 4 aromatic rings. The second-order valence-corrected chi connectivity index (χ2v) is 17.8. The number of Topliss-reactive ketones (excluding diaryl/α,β-unsaturated/α-hetero) is 1. The minimum Gasteiger partial charge on any atom is -0.497 e. The molecular formula is C47H55ClN4O9S. The van der Waals surface area contributed by atoms with Crippen LogP contribution in [0.5, 0.6) is 11.5 Å². The van der Waals surface area contributed by atoms with Gasteiger partial charge in [0, 0.05) is 11.3 Å². The number of carbonyl (C=O) groups is 5. The third kappa shape index (κ3) is 10.5. The molecule has 1 aliphatic heterocycles. The van der Waals surface area contributed by atoms with Crippen LogP contribution >= 0.6 is 11.6 Å². The molecule has 4 aromatic carbocycles. The highest BCUT2D eigenvalue weighted by molar-refractivity contribution is 7.89. The molecule has 1 saturated heterocycles. The second-order valence-electron chi connectivity index (χ2n) is 15.6. The number of nitrogens with zero attached hydrogens (tertiary/aromatic N) is 2. The molecule has 2 N–H and O–H groups in total. The molecule has 1 aliphatic rings. The fourth-order valence-electron chi connectivity index (χ4n) is 7.36. The van der Waals surface area contributed by atoms with E-state index in [9.17, 15) is 32.4 Å². The number of benzene rings is 4. The summed E-state index contributed by atoms with van der Waals surface area (Å²) in [6.45, 7) is 8.60. The first-order valence-electron chi connectivity index (χ1n) is 21.0. The summed E-state index contributed by atoms with van der Waals surface area (Å²) in [5.74, 6) is -2.67. The number of rotatable bonds is 21. The van der Waals surface area contributed by atoms with Crippen molar-refractivity contribution in [3.05, 3.63) is 113 Å². The first-order valence-corrected chi connectivity index (χ1v) is 22.8. The number of nitrogens with one attached hydrogen (secondary N) is 2. The molecule has 0 spiro atoms. The van der Waals surface area contributed by atoms with Crippen molar-refractivity contribution in [3.8, 4) is 11.5 Å². The van der Waals surface area contributed by atoms with Crippen molar-refractivity contribution in [1.82, 2.24) is 9.21 Å². The standard InChI is InChI=1S/C47H55ClN4O9S/c1-7-10-13-18-31-19-17-23-40(36(31)22-14-11-8-2)61-39(9-3)43(54)49-33-26-29-37(48)38(30-33)50-44(55)41(42(53)32-24-27-34(60-6)28-25-32)51-45(56)47(4,5)52(46(51)57)62(58,59)35-20-15-12-16-21-35/h12,15-17,19-21,23-30,39,41H,7-11,13-14,18,22H2,1-6H3,(H,49,54)(H,50,55). The topological polar surface area (TPSA) is 168 Å². The third-order valence-electron chi connectivity index (χ3n) is 10.8. The van der Waals surface area contributed by atoms with E-state index < -0.39 is 57.2 Å². The number of carbonyl (C=O) groups excluding carboxylic acids is 5. The number of halogens is 1. The van der Waals surface area contributed by atoms with Crippen molar-refractivity contribution < 1.29 is 41.9 Å². The van der Waals surface area contributed by atoms with Crippen molar-refractivity contribution in [2.45, 2.75) is 115 Å². The van der Waals surface area contributed by atoms with Gasteiger partial charge in [0.05, 0.1) is 22.7 Å². The second kappa shape index (κ2) is 20.9. The minimum absolute atomic E-state index is 0.000386. The molecule has 1 heterocycles. The fourth-order valence-corrected chi connectivity index (χ4v) is 9.21. The number of sulfonamides is 1. The summed E-state index contributed by atoms with van der Waals surface area (Å²) in [5.41, 5.74) is 0.360. The van der Waals surface area contributed by atoms with Crippen LogP contribution < -0.4 is 20.1 Å². The highest BCUT2D eigenvalue weighted by Gasteiger charge is 2.61. The summed E-state index contributed by atoms with van der Waals surface area (Å²) in [4.78, 5) is 71.0. The van der Waals surface area contributed by atoms with Gasteiger partial charge in [-0.15, -0.1) is 0 Å². The normalized spacial score (nSPS) is 14.6. The Hall–Kier alpha value is -5.73. The Balaban J connectivity index is 1.44. The Morgan fingerprint density at radius 3 is 2.08 bits per heavy atom. The summed E-state index contributed by atoms with van der Waals surface area (Å²) in [6, 6.07) is 19.3. The zero-order valence-electron chi connectivity index (χ0n) is 36.0. The van der Waals surface area contributed by atoms with Gasteiger partial charge in [-0.2, -0.15) is 0 Å². The minimum atomic E-state index is -4.66.